The molecule has 0 bridgehead atoms. The van der Waals surface area contributed by atoms with Crippen LogP contribution in [0.3, 0.4) is 0 Å². The molecule has 0 aromatic carbocycles. The standard InChI is InChI=1S/C11H14N2OS/c1-2-13-7-9(6-12-13)5-11(14)10-3-4-15-8-10/h3-4,6-8,11,14H,2,5H2,1H3. The average molecular weight is 222 g/mol. The van der Waals surface area contributed by atoms with E-state index in [0.29, 0.717) is 6.42 Å². The van der Waals surface area contributed by atoms with Gasteiger partial charge in [0.05, 0.1) is 12.3 Å². The van der Waals surface area contributed by atoms with Crippen molar-refractivity contribution in [2.45, 2.75) is 26.0 Å². The van der Waals surface area contributed by atoms with E-state index in [9.17, 15) is 5.11 Å². The Bertz CT molecular complexity index is 408. The molecule has 3 nitrogen and oxygen atoms in total. The number of hydrogen-bond donors (Lipinski definition) is 1. The minimum atomic E-state index is -0.411. The fourth-order valence-electron chi connectivity index (χ4n) is 1.49. The third kappa shape index (κ3) is 2.46. The molecule has 0 aliphatic carbocycles. The van der Waals surface area contributed by atoms with Crippen LogP contribution in [0.15, 0.2) is 29.2 Å². The topological polar surface area (TPSA) is 38.0 Å². The van der Waals surface area contributed by atoms with E-state index in [2.05, 4.69) is 5.10 Å². The van der Waals surface area contributed by atoms with Gasteiger partial charge in [-0.1, -0.05) is 0 Å². The number of aliphatic hydroxyl groups is 1. The third-order valence-electron chi connectivity index (χ3n) is 2.37. The van der Waals surface area contributed by atoms with Crippen LogP contribution in [0, 0.1) is 0 Å². The van der Waals surface area contributed by atoms with E-state index in [1.54, 1.807) is 11.3 Å². The van der Waals surface area contributed by atoms with Gasteiger partial charge < -0.3 is 5.11 Å². The second-order valence-corrected chi connectivity index (χ2v) is 4.26. The minimum absolute atomic E-state index is 0.411. The van der Waals surface area contributed by atoms with Crippen LogP contribution in [0.4, 0.5) is 0 Å². The zero-order valence-corrected chi connectivity index (χ0v) is 9.44. The quantitative estimate of drug-likeness (QED) is 0.861. The maximum absolute atomic E-state index is 9.91. The third-order valence-corrected chi connectivity index (χ3v) is 3.07. The molecule has 0 fully saturated rings. The fourth-order valence-corrected chi connectivity index (χ4v) is 2.20. The summed E-state index contributed by atoms with van der Waals surface area (Å²) in [6.45, 7) is 2.92. The molecule has 15 heavy (non-hydrogen) atoms. The maximum atomic E-state index is 9.91. The monoisotopic (exact) mass is 222 g/mol. The second kappa shape index (κ2) is 4.59. The van der Waals surface area contributed by atoms with E-state index < -0.39 is 6.10 Å². The van der Waals surface area contributed by atoms with Crippen LogP contribution >= 0.6 is 11.3 Å². The molecule has 0 spiro atoms. The number of thiophene rings is 1. The van der Waals surface area contributed by atoms with Crippen LogP contribution in [0.2, 0.25) is 0 Å². The van der Waals surface area contributed by atoms with Gasteiger partial charge in [-0.05, 0) is 34.9 Å². The van der Waals surface area contributed by atoms with Gasteiger partial charge in [0.25, 0.3) is 0 Å². The fraction of sp³-hybridized carbons (Fsp3) is 0.364. The second-order valence-electron chi connectivity index (χ2n) is 3.48. The van der Waals surface area contributed by atoms with Crippen molar-refractivity contribution >= 4 is 11.3 Å². The van der Waals surface area contributed by atoms with Crippen LogP contribution in [-0.4, -0.2) is 14.9 Å². The van der Waals surface area contributed by atoms with Crippen molar-refractivity contribution in [3.63, 3.8) is 0 Å². The predicted molar refractivity (Wildman–Crippen MR) is 60.9 cm³/mol. The summed E-state index contributed by atoms with van der Waals surface area (Å²) in [5.74, 6) is 0. The van der Waals surface area contributed by atoms with Crippen molar-refractivity contribution in [3.8, 4) is 0 Å². The molecule has 1 N–H and O–H groups in total. The first kappa shape index (κ1) is 10.4. The Morgan fingerprint density at radius 2 is 2.47 bits per heavy atom. The lowest BCUT2D eigenvalue weighted by Crippen LogP contribution is -1.99. The highest BCUT2D eigenvalue weighted by Gasteiger charge is 2.09. The molecule has 0 aliphatic heterocycles. The summed E-state index contributed by atoms with van der Waals surface area (Å²) < 4.78 is 1.87. The summed E-state index contributed by atoms with van der Waals surface area (Å²) in [6, 6.07) is 1.96. The van der Waals surface area contributed by atoms with Crippen molar-refractivity contribution in [2.75, 3.05) is 0 Å². The van der Waals surface area contributed by atoms with Gasteiger partial charge in [0.1, 0.15) is 0 Å². The summed E-state index contributed by atoms with van der Waals surface area (Å²) >= 11 is 1.61. The van der Waals surface area contributed by atoms with E-state index >= 15 is 0 Å². The van der Waals surface area contributed by atoms with Crippen LogP contribution in [0.25, 0.3) is 0 Å². The molecule has 2 aromatic heterocycles. The molecule has 0 saturated heterocycles. The Morgan fingerprint density at radius 1 is 1.60 bits per heavy atom. The smallest absolute Gasteiger partial charge is 0.0839 e. The zero-order valence-electron chi connectivity index (χ0n) is 8.63. The summed E-state index contributed by atoms with van der Waals surface area (Å²) in [5, 5.41) is 18.1. The number of rotatable bonds is 4. The van der Waals surface area contributed by atoms with Crippen LogP contribution in [0.1, 0.15) is 24.2 Å². The molecule has 0 aliphatic rings. The molecule has 0 saturated carbocycles. The lowest BCUT2D eigenvalue weighted by molar-refractivity contribution is 0.179. The minimum Gasteiger partial charge on any atom is -0.388 e. The summed E-state index contributed by atoms with van der Waals surface area (Å²) in [6.07, 6.45) is 4.02. The first-order valence-electron chi connectivity index (χ1n) is 5.01. The van der Waals surface area contributed by atoms with Gasteiger partial charge in [-0.3, -0.25) is 4.68 Å². The zero-order chi connectivity index (χ0) is 10.7. The molecule has 0 amide bonds. The van der Waals surface area contributed by atoms with E-state index in [1.165, 1.54) is 0 Å². The van der Waals surface area contributed by atoms with Crippen molar-refractivity contribution in [3.05, 3.63) is 40.3 Å². The number of aliphatic hydroxyl groups excluding tert-OH is 1. The summed E-state index contributed by atoms with van der Waals surface area (Å²) in [5.41, 5.74) is 2.07. The number of aromatic nitrogens is 2. The van der Waals surface area contributed by atoms with E-state index in [1.807, 2.05) is 40.8 Å². The average Bonchev–Trinajstić information content (AvgIpc) is 2.87. The first-order valence-corrected chi connectivity index (χ1v) is 5.95. The van der Waals surface area contributed by atoms with Gasteiger partial charge in [0.2, 0.25) is 0 Å². The largest absolute Gasteiger partial charge is 0.388 e. The SMILES string of the molecule is CCn1cc(CC(O)c2ccsc2)cn1. The molecule has 2 heterocycles. The molecule has 2 rings (SSSR count). The molecular formula is C11H14N2OS. The van der Waals surface area contributed by atoms with Crippen LogP contribution in [-0.2, 0) is 13.0 Å². The summed E-state index contributed by atoms with van der Waals surface area (Å²) in [7, 11) is 0. The van der Waals surface area contributed by atoms with Gasteiger partial charge in [-0.25, -0.2) is 0 Å². The van der Waals surface area contributed by atoms with Crippen LogP contribution < -0.4 is 0 Å². The van der Waals surface area contributed by atoms with Crippen molar-refractivity contribution in [1.82, 2.24) is 9.78 Å². The first-order chi connectivity index (χ1) is 7.29. The van der Waals surface area contributed by atoms with Gasteiger partial charge >= 0.3 is 0 Å². The lowest BCUT2D eigenvalue weighted by Gasteiger charge is -2.06. The Balaban J connectivity index is 2.02. The van der Waals surface area contributed by atoms with E-state index in [0.717, 1.165) is 17.7 Å². The predicted octanol–water partition coefficient (Wildman–Crippen LogP) is 2.24. The molecule has 0 radical (unpaired) electrons. The Labute approximate surface area is 93.0 Å². The highest BCUT2D eigenvalue weighted by atomic mass is 32.1. The Kier molecular flexibility index (Phi) is 3.18. The highest BCUT2D eigenvalue weighted by Crippen LogP contribution is 2.20. The van der Waals surface area contributed by atoms with Gasteiger partial charge in [-0.15, -0.1) is 0 Å². The van der Waals surface area contributed by atoms with Gasteiger partial charge in [0, 0.05) is 19.2 Å². The maximum Gasteiger partial charge on any atom is 0.0839 e. The molecule has 80 valence electrons. The molecule has 2 aromatic rings. The van der Waals surface area contributed by atoms with Crippen molar-refractivity contribution in [1.29, 1.82) is 0 Å². The molecule has 1 atom stereocenters. The Hall–Kier alpha value is -1.13. The molecule has 1 unspecified atom stereocenters. The van der Waals surface area contributed by atoms with Crippen LogP contribution in [0.5, 0.6) is 0 Å². The van der Waals surface area contributed by atoms with Gasteiger partial charge in [0.15, 0.2) is 0 Å². The number of hydrogen-bond acceptors (Lipinski definition) is 3. The normalized spacial score (nSPS) is 12.9. The van der Waals surface area contributed by atoms with E-state index in [4.69, 9.17) is 0 Å². The number of aryl methyl sites for hydroxylation is 1. The van der Waals surface area contributed by atoms with Crippen molar-refractivity contribution in [2.24, 2.45) is 0 Å². The van der Waals surface area contributed by atoms with Gasteiger partial charge in [-0.2, -0.15) is 16.4 Å². The summed E-state index contributed by atoms with van der Waals surface area (Å²) in [4.78, 5) is 0. The number of nitrogens with zero attached hydrogens (tertiary/aromatic N) is 2. The van der Waals surface area contributed by atoms with Crippen molar-refractivity contribution < 1.29 is 5.11 Å². The van der Waals surface area contributed by atoms with E-state index in [-0.39, 0.29) is 0 Å². The Morgan fingerprint density at radius 3 is 3.07 bits per heavy atom. The molecule has 4 heteroatoms. The lowest BCUT2D eigenvalue weighted by atomic mass is 10.1. The highest BCUT2D eigenvalue weighted by molar-refractivity contribution is 7.07. The molecular weight excluding hydrogens is 208 g/mol.